The van der Waals surface area contributed by atoms with Gasteiger partial charge in [0.05, 0.1) is 5.56 Å². The zero-order valence-corrected chi connectivity index (χ0v) is 11.4. The lowest BCUT2D eigenvalue weighted by Crippen LogP contribution is -2.58. The van der Waals surface area contributed by atoms with E-state index in [0.29, 0.717) is 19.6 Å². The van der Waals surface area contributed by atoms with Crippen molar-refractivity contribution in [3.05, 3.63) is 35.4 Å². The van der Waals surface area contributed by atoms with Gasteiger partial charge in [-0.3, -0.25) is 4.79 Å². The van der Waals surface area contributed by atoms with Gasteiger partial charge in [0.1, 0.15) is 0 Å². The highest BCUT2D eigenvalue weighted by atomic mass is 19.4. The molecule has 1 heterocycles. The SMILES string of the molecule is CC1(C)CN(C(=O)c2cccc(C(F)(F)F)c2)CCN1. The Bertz CT molecular complexity index is 511. The van der Waals surface area contributed by atoms with Crippen molar-refractivity contribution in [1.82, 2.24) is 10.2 Å². The highest BCUT2D eigenvalue weighted by molar-refractivity contribution is 5.94. The first-order valence-electron chi connectivity index (χ1n) is 6.41. The van der Waals surface area contributed by atoms with Crippen LogP contribution in [0.2, 0.25) is 0 Å². The lowest BCUT2D eigenvalue weighted by molar-refractivity contribution is -0.137. The van der Waals surface area contributed by atoms with E-state index in [0.717, 1.165) is 12.1 Å². The van der Waals surface area contributed by atoms with E-state index in [2.05, 4.69) is 5.32 Å². The molecular formula is C14H17F3N2O. The Kier molecular flexibility index (Phi) is 3.77. The van der Waals surface area contributed by atoms with Crippen molar-refractivity contribution >= 4 is 5.91 Å². The topological polar surface area (TPSA) is 32.3 Å². The van der Waals surface area contributed by atoms with Crippen molar-refractivity contribution in [2.24, 2.45) is 0 Å². The fourth-order valence-corrected chi connectivity index (χ4v) is 2.33. The number of piperazine rings is 1. The van der Waals surface area contributed by atoms with Gasteiger partial charge in [0.25, 0.3) is 5.91 Å². The molecule has 0 unspecified atom stereocenters. The summed E-state index contributed by atoms with van der Waals surface area (Å²) < 4.78 is 38.0. The summed E-state index contributed by atoms with van der Waals surface area (Å²) in [5.74, 6) is -0.356. The van der Waals surface area contributed by atoms with Crippen LogP contribution in [0, 0.1) is 0 Å². The van der Waals surface area contributed by atoms with Crippen molar-refractivity contribution < 1.29 is 18.0 Å². The zero-order chi connectivity index (χ0) is 15.0. The number of nitrogens with one attached hydrogen (secondary N) is 1. The Balaban J connectivity index is 2.21. The second-order valence-electron chi connectivity index (χ2n) is 5.62. The van der Waals surface area contributed by atoms with E-state index in [1.165, 1.54) is 12.1 Å². The summed E-state index contributed by atoms with van der Waals surface area (Å²) in [6, 6.07) is 4.58. The molecule has 1 saturated heterocycles. The molecule has 2 rings (SSSR count). The van der Waals surface area contributed by atoms with Gasteiger partial charge in [-0.05, 0) is 32.0 Å². The van der Waals surface area contributed by atoms with E-state index in [-0.39, 0.29) is 17.0 Å². The molecule has 1 aromatic carbocycles. The Hall–Kier alpha value is -1.56. The Morgan fingerprint density at radius 1 is 1.35 bits per heavy atom. The predicted molar refractivity (Wildman–Crippen MR) is 69.4 cm³/mol. The molecule has 6 heteroatoms. The first-order valence-corrected chi connectivity index (χ1v) is 6.41. The lowest BCUT2D eigenvalue weighted by atomic mass is 10.0. The number of hydrogen-bond acceptors (Lipinski definition) is 2. The monoisotopic (exact) mass is 286 g/mol. The fourth-order valence-electron chi connectivity index (χ4n) is 2.33. The van der Waals surface area contributed by atoms with Crippen LogP contribution < -0.4 is 5.32 Å². The molecule has 1 amide bonds. The van der Waals surface area contributed by atoms with Crippen LogP contribution in [-0.4, -0.2) is 36.0 Å². The molecule has 20 heavy (non-hydrogen) atoms. The van der Waals surface area contributed by atoms with Crippen LogP contribution in [0.4, 0.5) is 13.2 Å². The first kappa shape index (κ1) is 14.8. The number of carbonyl (C=O) groups excluding carboxylic acids is 1. The Labute approximate surface area is 115 Å². The highest BCUT2D eigenvalue weighted by Gasteiger charge is 2.33. The molecule has 110 valence electrons. The van der Waals surface area contributed by atoms with Gasteiger partial charge in [-0.15, -0.1) is 0 Å². The predicted octanol–water partition coefficient (Wildman–Crippen LogP) is 2.53. The quantitative estimate of drug-likeness (QED) is 0.860. The van der Waals surface area contributed by atoms with Crippen LogP contribution in [0.3, 0.4) is 0 Å². The smallest absolute Gasteiger partial charge is 0.336 e. The number of carbonyl (C=O) groups is 1. The second-order valence-corrected chi connectivity index (χ2v) is 5.62. The Morgan fingerprint density at radius 3 is 2.65 bits per heavy atom. The number of halogens is 3. The molecule has 0 bridgehead atoms. The van der Waals surface area contributed by atoms with Gasteiger partial charge < -0.3 is 10.2 Å². The minimum atomic E-state index is -4.43. The van der Waals surface area contributed by atoms with Crippen molar-refractivity contribution in [1.29, 1.82) is 0 Å². The third-order valence-electron chi connectivity index (χ3n) is 3.30. The molecule has 1 aromatic rings. The third-order valence-corrected chi connectivity index (χ3v) is 3.30. The number of nitrogens with zero attached hydrogens (tertiary/aromatic N) is 1. The molecule has 0 radical (unpaired) electrons. The maximum atomic E-state index is 12.7. The van der Waals surface area contributed by atoms with Crippen molar-refractivity contribution in [2.45, 2.75) is 25.6 Å². The average Bonchev–Trinajstić information content (AvgIpc) is 2.36. The van der Waals surface area contributed by atoms with Crippen molar-refractivity contribution in [3.63, 3.8) is 0 Å². The summed E-state index contributed by atoms with van der Waals surface area (Å²) >= 11 is 0. The van der Waals surface area contributed by atoms with Gasteiger partial charge in [0.2, 0.25) is 0 Å². The molecule has 1 fully saturated rings. The van der Waals surface area contributed by atoms with Crippen molar-refractivity contribution in [3.8, 4) is 0 Å². The summed E-state index contributed by atoms with van der Waals surface area (Å²) in [6.45, 7) is 5.52. The molecule has 0 atom stereocenters. The molecule has 1 N–H and O–H groups in total. The fraction of sp³-hybridized carbons (Fsp3) is 0.500. The molecule has 1 aliphatic heterocycles. The summed E-state index contributed by atoms with van der Waals surface area (Å²) in [5.41, 5.74) is -0.939. The maximum absolute atomic E-state index is 12.7. The van der Waals surface area contributed by atoms with Gasteiger partial charge in [0.15, 0.2) is 0 Å². The van der Waals surface area contributed by atoms with E-state index in [1.807, 2.05) is 13.8 Å². The molecule has 1 aliphatic rings. The van der Waals surface area contributed by atoms with Crippen LogP contribution >= 0.6 is 0 Å². The average molecular weight is 286 g/mol. The van der Waals surface area contributed by atoms with Gasteiger partial charge >= 0.3 is 6.18 Å². The van der Waals surface area contributed by atoms with Gasteiger partial charge in [-0.2, -0.15) is 13.2 Å². The highest BCUT2D eigenvalue weighted by Crippen LogP contribution is 2.29. The second kappa shape index (κ2) is 5.09. The van der Waals surface area contributed by atoms with Crippen molar-refractivity contribution in [2.75, 3.05) is 19.6 Å². The molecule has 0 spiro atoms. The number of benzene rings is 1. The van der Waals surface area contributed by atoms with Crippen LogP contribution in [-0.2, 0) is 6.18 Å². The Morgan fingerprint density at radius 2 is 2.05 bits per heavy atom. The first-order chi connectivity index (χ1) is 9.19. The van der Waals surface area contributed by atoms with E-state index in [4.69, 9.17) is 0 Å². The number of rotatable bonds is 1. The third kappa shape index (κ3) is 3.30. The summed E-state index contributed by atoms with van der Waals surface area (Å²) in [5, 5.41) is 3.26. The van der Waals surface area contributed by atoms with Crippen LogP contribution in [0.15, 0.2) is 24.3 Å². The van der Waals surface area contributed by atoms with Gasteiger partial charge in [0, 0.05) is 30.7 Å². The van der Waals surface area contributed by atoms with Crippen LogP contribution in [0.25, 0.3) is 0 Å². The minimum Gasteiger partial charge on any atom is -0.336 e. The summed E-state index contributed by atoms with van der Waals surface area (Å²) in [6.07, 6.45) is -4.43. The molecule has 0 aliphatic carbocycles. The molecule has 0 aromatic heterocycles. The van der Waals surface area contributed by atoms with Gasteiger partial charge in [-0.25, -0.2) is 0 Å². The number of amides is 1. The molecule has 0 saturated carbocycles. The van der Waals surface area contributed by atoms with E-state index in [9.17, 15) is 18.0 Å². The minimum absolute atomic E-state index is 0.0810. The molecule has 3 nitrogen and oxygen atoms in total. The number of alkyl halides is 3. The number of hydrogen-bond donors (Lipinski definition) is 1. The van der Waals surface area contributed by atoms with E-state index in [1.54, 1.807) is 4.90 Å². The normalized spacial score (nSPS) is 18.9. The summed E-state index contributed by atoms with van der Waals surface area (Å²) in [4.78, 5) is 13.9. The van der Waals surface area contributed by atoms with Gasteiger partial charge in [-0.1, -0.05) is 6.07 Å². The van der Waals surface area contributed by atoms with Crippen LogP contribution in [0.5, 0.6) is 0 Å². The van der Waals surface area contributed by atoms with E-state index >= 15 is 0 Å². The zero-order valence-electron chi connectivity index (χ0n) is 11.4. The summed E-state index contributed by atoms with van der Waals surface area (Å²) in [7, 11) is 0. The standard InChI is InChI=1S/C14H17F3N2O/c1-13(2)9-19(7-6-18-13)12(20)10-4-3-5-11(8-10)14(15,16)17/h3-5,8,18H,6-7,9H2,1-2H3. The maximum Gasteiger partial charge on any atom is 0.416 e. The van der Waals surface area contributed by atoms with E-state index < -0.39 is 11.7 Å². The largest absolute Gasteiger partial charge is 0.416 e. The molecular weight excluding hydrogens is 269 g/mol. The lowest BCUT2D eigenvalue weighted by Gasteiger charge is -2.39. The van der Waals surface area contributed by atoms with Crippen LogP contribution in [0.1, 0.15) is 29.8 Å².